The van der Waals surface area contributed by atoms with Crippen molar-refractivity contribution < 1.29 is 9.53 Å². The molecule has 1 saturated heterocycles. The molecule has 1 aliphatic heterocycles. The third-order valence-corrected chi connectivity index (χ3v) is 3.66. The molecule has 1 heterocycles. The second kappa shape index (κ2) is 8.68. The van der Waals surface area contributed by atoms with E-state index in [1.807, 2.05) is 18.2 Å². The van der Waals surface area contributed by atoms with Crippen LogP contribution < -0.4 is 10.6 Å². The van der Waals surface area contributed by atoms with Gasteiger partial charge in [0, 0.05) is 31.9 Å². The van der Waals surface area contributed by atoms with Crippen LogP contribution in [-0.2, 0) is 4.74 Å². The molecule has 1 aliphatic rings. The van der Waals surface area contributed by atoms with Crippen LogP contribution >= 0.6 is 0 Å². The molecule has 2 rings (SSSR count). The number of carbonyl (C=O) groups excluding carboxylic acids is 1. The van der Waals surface area contributed by atoms with E-state index >= 15 is 0 Å². The second-order valence-electron chi connectivity index (χ2n) is 5.20. The molecule has 1 aromatic carbocycles. The molecule has 23 heavy (non-hydrogen) atoms. The molecule has 0 radical (unpaired) electrons. The van der Waals surface area contributed by atoms with Crippen LogP contribution in [0.3, 0.4) is 0 Å². The zero-order valence-electron chi connectivity index (χ0n) is 13.2. The van der Waals surface area contributed by atoms with Crippen LogP contribution in [0.1, 0.15) is 0 Å². The number of nitrogens with two attached hydrogens (primary N) is 1. The summed E-state index contributed by atoms with van der Waals surface area (Å²) in [7, 11) is 0. The summed E-state index contributed by atoms with van der Waals surface area (Å²) in [6, 6.07) is 10.2. The van der Waals surface area contributed by atoms with Gasteiger partial charge in [-0.25, -0.2) is 4.79 Å². The minimum absolute atomic E-state index is 0.192. The molecule has 1 aromatic rings. The molecule has 1 amide bonds. The van der Waals surface area contributed by atoms with Gasteiger partial charge in [-0.1, -0.05) is 36.9 Å². The van der Waals surface area contributed by atoms with Crippen molar-refractivity contribution >= 4 is 11.8 Å². The molecule has 2 N–H and O–H groups in total. The highest BCUT2D eigenvalue weighted by Crippen LogP contribution is 2.16. The normalized spacial score (nSPS) is 15.7. The number of rotatable bonds is 5. The minimum atomic E-state index is -0.293. The first kappa shape index (κ1) is 16.7. The Bertz CT molecular complexity index is 573. The van der Waals surface area contributed by atoms with Gasteiger partial charge in [0.2, 0.25) is 0 Å². The number of carbonyl (C=O) groups is 1. The Morgan fingerprint density at radius 2 is 1.91 bits per heavy atom. The van der Waals surface area contributed by atoms with E-state index < -0.39 is 0 Å². The molecule has 0 aromatic heterocycles. The van der Waals surface area contributed by atoms with Gasteiger partial charge in [-0.2, -0.15) is 0 Å². The molecule has 122 valence electrons. The van der Waals surface area contributed by atoms with E-state index in [0.29, 0.717) is 13.1 Å². The zero-order valence-corrected chi connectivity index (χ0v) is 13.2. The summed E-state index contributed by atoms with van der Waals surface area (Å²) >= 11 is 0. The largest absolute Gasteiger partial charge is 0.445 e. The van der Waals surface area contributed by atoms with Crippen molar-refractivity contribution in [1.82, 2.24) is 4.90 Å². The summed E-state index contributed by atoms with van der Waals surface area (Å²) in [5, 5.41) is 0. The second-order valence-corrected chi connectivity index (χ2v) is 5.20. The van der Waals surface area contributed by atoms with E-state index in [0.717, 1.165) is 18.7 Å². The lowest BCUT2D eigenvalue weighted by Crippen LogP contribution is -2.49. The van der Waals surface area contributed by atoms with Crippen molar-refractivity contribution in [3.63, 3.8) is 0 Å². The van der Waals surface area contributed by atoms with Gasteiger partial charge in [0.05, 0.1) is 0 Å². The van der Waals surface area contributed by atoms with Gasteiger partial charge in [0.1, 0.15) is 6.61 Å². The molecule has 0 atom stereocenters. The highest BCUT2D eigenvalue weighted by Gasteiger charge is 2.22. The molecule has 0 bridgehead atoms. The third-order valence-electron chi connectivity index (χ3n) is 3.66. The van der Waals surface area contributed by atoms with Gasteiger partial charge >= 0.3 is 6.09 Å². The Labute approximate surface area is 137 Å². The van der Waals surface area contributed by atoms with Crippen LogP contribution in [0.15, 0.2) is 66.9 Å². The number of benzene rings is 1. The van der Waals surface area contributed by atoms with Crippen LogP contribution in [0.5, 0.6) is 0 Å². The number of anilines is 1. The van der Waals surface area contributed by atoms with Crippen molar-refractivity contribution in [1.29, 1.82) is 0 Å². The van der Waals surface area contributed by atoms with E-state index in [1.54, 1.807) is 23.1 Å². The maximum absolute atomic E-state index is 12.1. The molecular weight excluding hydrogens is 290 g/mol. The fourth-order valence-corrected chi connectivity index (χ4v) is 2.45. The number of amides is 1. The molecule has 0 unspecified atom stereocenters. The molecule has 0 aliphatic carbocycles. The average Bonchev–Trinajstić information content (AvgIpc) is 2.61. The summed E-state index contributed by atoms with van der Waals surface area (Å²) in [6.45, 7) is 6.73. The lowest BCUT2D eigenvalue weighted by atomic mass is 10.2. The van der Waals surface area contributed by atoms with Gasteiger partial charge in [0.25, 0.3) is 0 Å². The predicted molar refractivity (Wildman–Crippen MR) is 93.2 cm³/mol. The lowest BCUT2D eigenvalue weighted by Gasteiger charge is -2.35. The summed E-state index contributed by atoms with van der Waals surface area (Å²) in [4.78, 5) is 16.1. The Morgan fingerprint density at radius 1 is 1.22 bits per heavy atom. The van der Waals surface area contributed by atoms with Gasteiger partial charge in [-0.15, -0.1) is 0 Å². The van der Waals surface area contributed by atoms with Crippen LogP contribution in [0.2, 0.25) is 0 Å². The van der Waals surface area contributed by atoms with E-state index in [9.17, 15) is 4.79 Å². The van der Waals surface area contributed by atoms with E-state index in [1.165, 1.54) is 11.9 Å². The smallest absolute Gasteiger partial charge is 0.410 e. The maximum atomic E-state index is 12.1. The quantitative estimate of drug-likeness (QED) is 0.849. The highest BCUT2D eigenvalue weighted by molar-refractivity contribution is 5.68. The van der Waals surface area contributed by atoms with Crippen molar-refractivity contribution in [2.24, 2.45) is 5.73 Å². The summed E-state index contributed by atoms with van der Waals surface area (Å²) in [6.07, 6.45) is 6.23. The lowest BCUT2D eigenvalue weighted by molar-refractivity contribution is 0.108. The van der Waals surface area contributed by atoms with Gasteiger partial charge < -0.3 is 20.3 Å². The Morgan fingerprint density at radius 3 is 2.52 bits per heavy atom. The van der Waals surface area contributed by atoms with E-state index in [2.05, 4.69) is 23.6 Å². The van der Waals surface area contributed by atoms with Crippen molar-refractivity contribution in [2.45, 2.75) is 0 Å². The number of piperazine rings is 1. The fourth-order valence-electron chi connectivity index (χ4n) is 2.45. The number of hydrogen-bond donors (Lipinski definition) is 1. The molecule has 0 spiro atoms. The van der Waals surface area contributed by atoms with Crippen molar-refractivity contribution in [3.8, 4) is 0 Å². The van der Waals surface area contributed by atoms with Crippen molar-refractivity contribution in [2.75, 3.05) is 37.7 Å². The molecule has 0 saturated carbocycles. The monoisotopic (exact) mass is 313 g/mol. The predicted octanol–water partition coefficient (Wildman–Crippen LogP) is 2.53. The zero-order chi connectivity index (χ0) is 16.5. The first-order valence-corrected chi connectivity index (χ1v) is 7.66. The topological polar surface area (TPSA) is 58.8 Å². The fraction of sp³-hybridized carbons (Fsp3) is 0.278. The number of ether oxygens (including phenoxy) is 1. The minimum Gasteiger partial charge on any atom is -0.445 e. The summed E-state index contributed by atoms with van der Waals surface area (Å²) < 4.78 is 5.34. The Hall–Kier alpha value is -2.69. The van der Waals surface area contributed by atoms with Crippen LogP contribution in [0.25, 0.3) is 0 Å². The van der Waals surface area contributed by atoms with Crippen molar-refractivity contribution in [3.05, 3.63) is 66.9 Å². The third kappa shape index (κ3) is 4.92. The Kier molecular flexibility index (Phi) is 6.29. The Balaban J connectivity index is 1.81. The van der Waals surface area contributed by atoms with Gasteiger partial charge in [-0.3, -0.25) is 0 Å². The van der Waals surface area contributed by atoms with Crippen LogP contribution in [-0.4, -0.2) is 43.8 Å². The first-order chi connectivity index (χ1) is 11.2. The summed E-state index contributed by atoms with van der Waals surface area (Å²) in [5.41, 5.74) is 7.36. The molecule has 5 heteroatoms. The number of hydrogen-bond acceptors (Lipinski definition) is 4. The van der Waals surface area contributed by atoms with Gasteiger partial charge in [-0.05, 0) is 30.0 Å². The molecule has 5 nitrogen and oxygen atoms in total. The maximum Gasteiger partial charge on any atom is 0.410 e. The van der Waals surface area contributed by atoms with E-state index in [-0.39, 0.29) is 12.7 Å². The molecular formula is C18H23N3O2. The van der Waals surface area contributed by atoms with E-state index in [4.69, 9.17) is 10.5 Å². The number of para-hydroxylation sites is 1. The van der Waals surface area contributed by atoms with Crippen LogP contribution in [0, 0.1) is 0 Å². The number of nitrogens with zero attached hydrogens (tertiary/aromatic N) is 2. The first-order valence-electron chi connectivity index (χ1n) is 7.66. The summed E-state index contributed by atoms with van der Waals surface area (Å²) in [5.74, 6) is 0. The standard InChI is InChI=1S/C18H23N3O2/c1-2-6-16(9-10-19)15-23-18(22)21-13-11-20(12-14-21)17-7-4-3-5-8-17/h2-10H,1,11-15,19H2/b10-9-,16-6+. The average molecular weight is 313 g/mol. The highest BCUT2D eigenvalue weighted by atomic mass is 16.6. The SMILES string of the molecule is C=C/C=C(\C=C/N)COC(=O)N1CCN(c2ccccc2)CC1. The van der Waals surface area contributed by atoms with Gasteiger partial charge in [0.15, 0.2) is 0 Å². The van der Waals surface area contributed by atoms with Crippen LogP contribution in [0.4, 0.5) is 10.5 Å². The number of allylic oxidation sites excluding steroid dienone is 2. The molecule has 1 fully saturated rings.